The monoisotopic (exact) mass is 431 g/mol. The number of hydrogen-bond donors (Lipinski definition) is 1. The number of aromatic nitrogens is 1. The van der Waals surface area contributed by atoms with E-state index in [0.717, 1.165) is 28.2 Å². The van der Waals surface area contributed by atoms with Crippen LogP contribution in [0.5, 0.6) is 0 Å². The number of carbonyl (C=O) groups excluding carboxylic acids is 2. The Bertz CT molecular complexity index is 1170. The molecule has 1 aromatic heterocycles. The highest BCUT2D eigenvalue weighted by Crippen LogP contribution is 2.24. The van der Waals surface area contributed by atoms with Crippen LogP contribution in [0.4, 0.5) is 0 Å². The summed E-state index contributed by atoms with van der Waals surface area (Å²) in [6, 6.07) is 16.8. The third-order valence-corrected chi connectivity index (χ3v) is 5.40. The van der Waals surface area contributed by atoms with E-state index in [1.807, 2.05) is 48.7 Å². The minimum atomic E-state index is -0.395. The predicted octanol–water partition coefficient (Wildman–Crippen LogP) is 4.94. The molecule has 0 spiro atoms. The van der Waals surface area contributed by atoms with Crippen LogP contribution in [0.1, 0.15) is 64.0 Å². The Morgan fingerprint density at radius 2 is 1.69 bits per heavy atom. The Labute approximate surface area is 188 Å². The zero-order chi connectivity index (χ0) is 23.5. The molecule has 6 heteroatoms. The molecule has 0 radical (unpaired) electrons. The first-order valence-corrected chi connectivity index (χ1v) is 10.4. The Morgan fingerprint density at radius 1 is 1.03 bits per heavy atom. The van der Waals surface area contributed by atoms with Gasteiger partial charge in [-0.2, -0.15) is 5.10 Å². The van der Waals surface area contributed by atoms with Crippen LogP contribution in [0.2, 0.25) is 0 Å². The summed E-state index contributed by atoms with van der Waals surface area (Å²) in [6.45, 7) is 10.3. The van der Waals surface area contributed by atoms with Crippen molar-refractivity contribution in [1.29, 1.82) is 0 Å². The molecule has 0 unspecified atom stereocenters. The number of ether oxygens (including phenoxy) is 1. The summed E-state index contributed by atoms with van der Waals surface area (Å²) in [4.78, 5) is 24.6. The second-order valence-electron chi connectivity index (χ2n) is 8.70. The van der Waals surface area contributed by atoms with Crippen molar-refractivity contribution in [3.05, 3.63) is 88.2 Å². The molecular formula is C26H29N3O3. The van der Waals surface area contributed by atoms with Gasteiger partial charge in [-0.15, -0.1) is 0 Å². The maximum absolute atomic E-state index is 12.4. The maximum atomic E-state index is 12.4. The molecule has 1 N–H and O–H groups in total. The molecule has 0 aliphatic heterocycles. The summed E-state index contributed by atoms with van der Waals surface area (Å²) < 4.78 is 6.89. The summed E-state index contributed by atoms with van der Waals surface area (Å²) >= 11 is 0. The van der Waals surface area contributed by atoms with Gasteiger partial charge in [0.25, 0.3) is 5.91 Å². The highest BCUT2D eigenvalue weighted by atomic mass is 16.5. The number of hydrazone groups is 1. The van der Waals surface area contributed by atoms with Gasteiger partial charge in [0.1, 0.15) is 0 Å². The number of methoxy groups -OCH3 is 1. The van der Waals surface area contributed by atoms with Crippen LogP contribution in [0.3, 0.4) is 0 Å². The molecule has 166 valence electrons. The van der Waals surface area contributed by atoms with Gasteiger partial charge in [-0.05, 0) is 55.2 Å². The second kappa shape index (κ2) is 9.22. The van der Waals surface area contributed by atoms with E-state index in [-0.39, 0.29) is 11.3 Å². The van der Waals surface area contributed by atoms with Crippen molar-refractivity contribution in [2.75, 3.05) is 7.11 Å². The van der Waals surface area contributed by atoms with Crippen LogP contribution < -0.4 is 5.43 Å². The lowest BCUT2D eigenvalue weighted by Gasteiger charge is -2.18. The number of para-hydroxylation sites is 1. The molecule has 0 aliphatic rings. The van der Waals surface area contributed by atoms with Gasteiger partial charge in [0.2, 0.25) is 0 Å². The average molecular weight is 432 g/mol. The fourth-order valence-corrected chi connectivity index (χ4v) is 3.59. The van der Waals surface area contributed by atoms with Crippen molar-refractivity contribution >= 4 is 18.1 Å². The average Bonchev–Trinajstić information content (AvgIpc) is 3.05. The van der Waals surface area contributed by atoms with E-state index >= 15 is 0 Å². The lowest BCUT2D eigenvalue weighted by Crippen LogP contribution is -2.18. The summed E-state index contributed by atoms with van der Waals surface area (Å²) in [5.74, 6) is -0.667. The second-order valence-corrected chi connectivity index (χ2v) is 8.70. The number of nitrogens with zero attached hydrogens (tertiary/aromatic N) is 2. The number of nitrogens with one attached hydrogen (secondary N) is 1. The fraction of sp³-hybridized carbons (Fsp3) is 0.269. The largest absolute Gasteiger partial charge is 0.465 e. The molecule has 0 saturated heterocycles. The molecule has 3 rings (SSSR count). The Balaban J connectivity index is 1.80. The van der Waals surface area contributed by atoms with Crippen molar-refractivity contribution in [3.63, 3.8) is 0 Å². The third kappa shape index (κ3) is 4.80. The number of carbonyl (C=O) groups is 2. The van der Waals surface area contributed by atoms with Gasteiger partial charge in [-0.1, -0.05) is 45.0 Å². The van der Waals surface area contributed by atoms with E-state index < -0.39 is 5.97 Å². The van der Waals surface area contributed by atoms with E-state index in [4.69, 9.17) is 4.74 Å². The maximum Gasteiger partial charge on any atom is 0.339 e. The molecular weight excluding hydrogens is 402 g/mol. The number of rotatable bonds is 5. The topological polar surface area (TPSA) is 72.7 Å². The summed E-state index contributed by atoms with van der Waals surface area (Å²) in [5.41, 5.74) is 8.21. The van der Waals surface area contributed by atoms with Gasteiger partial charge in [0, 0.05) is 22.5 Å². The summed E-state index contributed by atoms with van der Waals surface area (Å²) in [7, 11) is 1.37. The summed E-state index contributed by atoms with van der Waals surface area (Å²) in [5, 5.41) is 4.14. The van der Waals surface area contributed by atoms with Crippen molar-refractivity contribution in [3.8, 4) is 5.69 Å². The van der Waals surface area contributed by atoms with Gasteiger partial charge in [0.15, 0.2) is 0 Å². The van der Waals surface area contributed by atoms with Gasteiger partial charge in [0.05, 0.1) is 24.6 Å². The van der Waals surface area contributed by atoms with Crippen molar-refractivity contribution < 1.29 is 14.3 Å². The lowest BCUT2D eigenvalue weighted by molar-refractivity contribution is 0.0600. The predicted molar refractivity (Wildman–Crippen MR) is 127 cm³/mol. The van der Waals surface area contributed by atoms with Crippen molar-refractivity contribution in [2.24, 2.45) is 5.10 Å². The van der Waals surface area contributed by atoms with Gasteiger partial charge >= 0.3 is 5.97 Å². The van der Waals surface area contributed by atoms with E-state index in [9.17, 15) is 9.59 Å². The molecule has 1 amide bonds. The Hall–Kier alpha value is -3.67. The number of hydrogen-bond acceptors (Lipinski definition) is 4. The summed E-state index contributed by atoms with van der Waals surface area (Å²) in [6.07, 6.45) is 1.61. The van der Waals surface area contributed by atoms with Crippen LogP contribution in [-0.4, -0.2) is 29.8 Å². The van der Waals surface area contributed by atoms with E-state index in [2.05, 4.69) is 31.3 Å². The first-order valence-electron chi connectivity index (χ1n) is 10.4. The number of benzene rings is 2. The quantitative estimate of drug-likeness (QED) is 0.353. The molecule has 0 bridgehead atoms. The lowest BCUT2D eigenvalue weighted by atomic mass is 9.87. The smallest absolute Gasteiger partial charge is 0.339 e. The fourth-order valence-electron chi connectivity index (χ4n) is 3.59. The standard InChI is InChI=1S/C26H29N3O3/c1-17-15-20(18(2)29(17)23-10-8-7-9-22(23)25(31)32-6)16-27-28-24(30)19-11-13-21(14-12-19)26(3,4)5/h7-16H,1-6H3,(H,28,30)/b27-16-. The minimum Gasteiger partial charge on any atom is -0.465 e. The van der Waals surface area contributed by atoms with Crippen LogP contribution in [0.25, 0.3) is 5.69 Å². The minimum absolute atomic E-state index is 0.0299. The van der Waals surface area contributed by atoms with Crippen molar-refractivity contribution in [2.45, 2.75) is 40.0 Å². The molecule has 1 heterocycles. The van der Waals surface area contributed by atoms with Crippen LogP contribution in [-0.2, 0) is 10.2 Å². The molecule has 6 nitrogen and oxygen atoms in total. The van der Waals surface area contributed by atoms with Crippen LogP contribution in [0, 0.1) is 13.8 Å². The van der Waals surface area contributed by atoms with Gasteiger partial charge < -0.3 is 9.30 Å². The van der Waals surface area contributed by atoms with E-state index in [1.54, 1.807) is 30.5 Å². The molecule has 3 aromatic rings. The first kappa shape index (κ1) is 23.0. The zero-order valence-corrected chi connectivity index (χ0v) is 19.4. The normalized spacial score (nSPS) is 11.6. The van der Waals surface area contributed by atoms with E-state index in [1.165, 1.54) is 7.11 Å². The third-order valence-electron chi connectivity index (χ3n) is 5.40. The Morgan fingerprint density at radius 3 is 2.31 bits per heavy atom. The molecule has 32 heavy (non-hydrogen) atoms. The number of esters is 1. The van der Waals surface area contributed by atoms with Gasteiger partial charge in [-0.25, -0.2) is 10.2 Å². The van der Waals surface area contributed by atoms with Crippen molar-refractivity contribution in [1.82, 2.24) is 9.99 Å². The molecule has 0 aliphatic carbocycles. The Kier molecular flexibility index (Phi) is 6.63. The highest BCUT2D eigenvalue weighted by molar-refractivity contribution is 5.95. The molecule has 0 saturated carbocycles. The molecule has 0 atom stereocenters. The highest BCUT2D eigenvalue weighted by Gasteiger charge is 2.17. The van der Waals surface area contributed by atoms with Gasteiger partial charge in [-0.3, -0.25) is 4.79 Å². The molecule has 0 fully saturated rings. The zero-order valence-electron chi connectivity index (χ0n) is 19.4. The van der Waals surface area contributed by atoms with Crippen LogP contribution in [0.15, 0.2) is 59.7 Å². The van der Waals surface area contributed by atoms with E-state index in [0.29, 0.717) is 11.1 Å². The SMILES string of the molecule is COC(=O)c1ccccc1-n1c(C)cc(/C=N\NC(=O)c2ccc(C(C)(C)C)cc2)c1C. The molecule has 2 aromatic carbocycles. The van der Waals surface area contributed by atoms with Crippen LogP contribution >= 0.6 is 0 Å². The first-order chi connectivity index (χ1) is 15.1. The number of amides is 1. The number of aryl methyl sites for hydroxylation is 1.